The van der Waals surface area contributed by atoms with E-state index in [1.54, 1.807) is 12.1 Å². The minimum atomic E-state index is -0.853. The second-order valence-electron chi connectivity index (χ2n) is 9.66. The number of nitrogens with one attached hydrogen (secondary N) is 1. The van der Waals surface area contributed by atoms with Crippen molar-refractivity contribution in [1.82, 2.24) is 9.78 Å². The minimum absolute atomic E-state index is 0.0383. The van der Waals surface area contributed by atoms with E-state index >= 15 is 0 Å². The summed E-state index contributed by atoms with van der Waals surface area (Å²) in [5.74, 6) is 0.781. The van der Waals surface area contributed by atoms with Crippen molar-refractivity contribution in [3.8, 4) is 17.2 Å². The summed E-state index contributed by atoms with van der Waals surface area (Å²) in [6.45, 7) is 0. The average molecular weight is 490 g/mol. The number of carbonyl (C=O) groups is 1. The number of anilines is 2. The molecular weight excluding hydrogens is 462 g/mol. The van der Waals surface area contributed by atoms with Crippen LogP contribution in [0.5, 0.6) is 17.2 Å². The first-order valence-corrected chi connectivity index (χ1v) is 11.8. The minimum Gasteiger partial charge on any atom is -0.493 e. The van der Waals surface area contributed by atoms with Crippen LogP contribution >= 0.6 is 11.6 Å². The number of benzene rings is 1. The van der Waals surface area contributed by atoms with Crippen LogP contribution in [0.2, 0.25) is 5.02 Å². The van der Waals surface area contributed by atoms with Gasteiger partial charge >= 0.3 is 5.97 Å². The Morgan fingerprint density at radius 2 is 1.74 bits per heavy atom. The molecule has 4 aliphatic rings. The van der Waals surface area contributed by atoms with Gasteiger partial charge in [-0.2, -0.15) is 5.10 Å². The molecule has 182 valence electrons. The number of nitrogens with zero attached hydrogens (tertiary/aromatic N) is 2. The molecular formula is C24H28ClN3O6. The molecule has 0 aliphatic heterocycles. The van der Waals surface area contributed by atoms with Crippen molar-refractivity contribution in [2.75, 3.05) is 26.6 Å². The molecule has 0 amide bonds. The van der Waals surface area contributed by atoms with Crippen LogP contribution < -0.4 is 25.1 Å². The third-order valence-electron chi connectivity index (χ3n) is 7.82. The van der Waals surface area contributed by atoms with Gasteiger partial charge in [0, 0.05) is 17.8 Å². The summed E-state index contributed by atoms with van der Waals surface area (Å²) in [5.41, 5.74) is -0.429. The highest BCUT2D eigenvalue weighted by Gasteiger charge is 2.61. The molecule has 1 aromatic heterocycles. The van der Waals surface area contributed by atoms with Crippen LogP contribution in [0.15, 0.2) is 23.1 Å². The number of aliphatic carboxylic acids is 1. The van der Waals surface area contributed by atoms with Crippen LogP contribution in [-0.2, 0) is 10.3 Å². The summed E-state index contributed by atoms with van der Waals surface area (Å²) in [7, 11) is 4.55. The molecule has 0 radical (unpaired) electrons. The van der Waals surface area contributed by atoms with Gasteiger partial charge in [0.1, 0.15) is 5.02 Å². The molecule has 34 heavy (non-hydrogen) atoms. The fraction of sp³-hybridized carbons (Fsp3) is 0.542. The fourth-order valence-corrected chi connectivity index (χ4v) is 7.06. The molecule has 4 saturated carbocycles. The Bertz CT molecular complexity index is 1160. The van der Waals surface area contributed by atoms with Gasteiger partial charge in [0.05, 0.1) is 44.7 Å². The van der Waals surface area contributed by atoms with E-state index in [4.69, 9.17) is 25.8 Å². The number of aromatic nitrogens is 2. The number of carboxylic acids is 1. The van der Waals surface area contributed by atoms with Gasteiger partial charge in [0.15, 0.2) is 11.5 Å². The summed E-state index contributed by atoms with van der Waals surface area (Å²) in [6, 6.07) is 3.39. The lowest BCUT2D eigenvalue weighted by Gasteiger charge is -2.59. The first-order valence-electron chi connectivity index (χ1n) is 11.4. The lowest BCUT2D eigenvalue weighted by atomic mass is 9.48. The highest BCUT2D eigenvalue weighted by Crippen LogP contribution is 2.61. The highest BCUT2D eigenvalue weighted by molar-refractivity contribution is 6.33. The predicted molar refractivity (Wildman–Crippen MR) is 126 cm³/mol. The molecule has 0 unspecified atom stereocenters. The Kier molecular flexibility index (Phi) is 5.62. The van der Waals surface area contributed by atoms with E-state index in [2.05, 4.69) is 10.4 Å². The van der Waals surface area contributed by atoms with Crippen molar-refractivity contribution in [3.63, 3.8) is 0 Å². The normalized spacial score (nSPS) is 29.1. The SMILES string of the molecule is COc1cc(Nc2cnn(C34C[C@@H]5CC(C[C@H](C5)C3)[C@@H]4C(=O)O)c(=O)c2Cl)cc(OC)c1OC. The van der Waals surface area contributed by atoms with Crippen LogP contribution in [-0.4, -0.2) is 42.2 Å². The number of methoxy groups -OCH3 is 3. The highest BCUT2D eigenvalue weighted by atomic mass is 35.5. The standard InChI is InChI=1S/C24H28ClN3O6/c1-32-17-7-15(8-18(33-2)21(17)34-3)27-16-11-26-28(22(29)20(16)25)24-9-12-4-13(10-24)6-14(5-12)19(24)23(30)31/h7-8,11-14,19,27H,4-6,9-10H2,1-3H3,(H,30,31)/t12-,13-,14?,19+,24?/m0/s1. The van der Waals surface area contributed by atoms with Gasteiger partial charge in [-0.15, -0.1) is 0 Å². The van der Waals surface area contributed by atoms with Gasteiger partial charge in [0.2, 0.25) is 5.75 Å². The zero-order valence-corrected chi connectivity index (χ0v) is 20.1. The Hall–Kier alpha value is -2.94. The van der Waals surface area contributed by atoms with Crippen molar-refractivity contribution >= 4 is 28.9 Å². The van der Waals surface area contributed by atoms with E-state index in [1.807, 2.05) is 0 Å². The molecule has 4 fully saturated rings. The van der Waals surface area contributed by atoms with Crippen LogP contribution in [0.3, 0.4) is 0 Å². The zero-order chi connectivity index (χ0) is 24.2. The zero-order valence-electron chi connectivity index (χ0n) is 19.3. The van der Waals surface area contributed by atoms with Crippen molar-refractivity contribution in [1.29, 1.82) is 0 Å². The van der Waals surface area contributed by atoms with Crippen molar-refractivity contribution in [2.45, 2.75) is 37.6 Å². The van der Waals surface area contributed by atoms with Gasteiger partial charge in [-0.05, 0) is 49.9 Å². The van der Waals surface area contributed by atoms with E-state index in [9.17, 15) is 14.7 Å². The van der Waals surface area contributed by atoms with Crippen molar-refractivity contribution in [2.24, 2.45) is 23.7 Å². The summed E-state index contributed by atoms with van der Waals surface area (Å²) in [5, 5.41) is 17.7. The molecule has 0 saturated heterocycles. The smallest absolute Gasteiger partial charge is 0.309 e. The van der Waals surface area contributed by atoms with Gasteiger partial charge in [-0.25, -0.2) is 4.68 Å². The van der Waals surface area contributed by atoms with E-state index in [0.717, 1.165) is 19.3 Å². The number of ether oxygens (including phenoxy) is 3. The molecule has 1 heterocycles. The second kappa shape index (κ2) is 8.37. The number of halogens is 1. The number of hydrogen-bond acceptors (Lipinski definition) is 7. The van der Waals surface area contributed by atoms with Crippen LogP contribution in [0.1, 0.15) is 32.1 Å². The van der Waals surface area contributed by atoms with Crippen molar-refractivity contribution < 1.29 is 24.1 Å². The van der Waals surface area contributed by atoms with E-state index in [1.165, 1.54) is 32.2 Å². The van der Waals surface area contributed by atoms with Crippen molar-refractivity contribution in [3.05, 3.63) is 33.7 Å². The number of rotatable bonds is 7. The average Bonchev–Trinajstić information content (AvgIpc) is 2.80. The maximum Gasteiger partial charge on any atom is 0.309 e. The molecule has 6 rings (SSSR count). The third kappa shape index (κ3) is 3.40. The predicted octanol–water partition coefficient (Wildman–Crippen LogP) is 3.90. The number of hydrogen-bond donors (Lipinski definition) is 2. The summed E-state index contributed by atoms with van der Waals surface area (Å²) < 4.78 is 17.5. The Labute approximate surface area is 202 Å². The van der Waals surface area contributed by atoms with E-state index in [0.29, 0.717) is 53.3 Å². The van der Waals surface area contributed by atoms with Gasteiger partial charge in [0.25, 0.3) is 5.56 Å². The lowest BCUT2D eigenvalue weighted by Crippen LogP contribution is -2.63. The van der Waals surface area contributed by atoms with Gasteiger partial charge in [-0.3, -0.25) is 9.59 Å². The van der Waals surface area contributed by atoms with E-state index in [-0.39, 0.29) is 10.9 Å². The molecule has 10 heteroatoms. The Morgan fingerprint density at radius 1 is 1.12 bits per heavy atom. The van der Waals surface area contributed by atoms with E-state index < -0.39 is 23.0 Å². The molecule has 0 spiro atoms. The first kappa shape index (κ1) is 22.8. The lowest BCUT2D eigenvalue weighted by molar-refractivity contribution is -0.168. The number of carboxylic acid groups (broad SMARTS) is 1. The largest absolute Gasteiger partial charge is 0.493 e. The summed E-state index contributed by atoms with van der Waals surface area (Å²) in [4.78, 5) is 25.8. The second-order valence-corrected chi connectivity index (χ2v) is 10.0. The molecule has 4 aliphatic carbocycles. The molecule has 3 atom stereocenters. The van der Waals surface area contributed by atoms with Gasteiger partial charge < -0.3 is 24.6 Å². The third-order valence-corrected chi connectivity index (χ3v) is 8.19. The molecule has 1 aromatic carbocycles. The maximum atomic E-state index is 13.5. The summed E-state index contributed by atoms with van der Waals surface area (Å²) >= 11 is 6.55. The van der Waals surface area contributed by atoms with Crippen LogP contribution in [0.4, 0.5) is 11.4 Å². The molecule has 4 bridgehead atoms. The maximum absolute atomic E-state index is 13.5. The Morgan fingerprint density at radius 3 is 2.26 bits per heavy atom. The summed E-state index contributed by atoms with van der Waals surface area (Å²) in [6.07, 6.45) is 5.73. The molecule has 2 N–H and O–H groups in total. The quantitative estimate of drug-likeness (QED) is 0.602. The Balaban J connectivity index is 1.53. The van der Waals surface area contributed by atoms with Crippen LogP contribution in [0.25, 0.3) is 0 Å². The van der Waals surface area contributed by atoms with Crippen LogP contribution in [0, 0.1) is 23.7 Å². The first-order chi connectivity index (χ1) is 16.3. The molecule has 2 aromatic rings. The van der Waals surface area contributed by atoms with Gasteiger partial charge in [-0.1, -0.05) is 11.6 Å². The fourth-order valence-electron chi connectivity index (χ4n) is 6.88. The monoisotopic (exact) mass is 489 g/mol. The molecule has 9 nitrogen and oxygen atoms in total. The topological polar surface area (TPSA) is 112 Å².